The molecule has 5 atom stereocenters. The van der Waals surface area contributed by atoms with Crippen LogP contribution in [0.2, 0.25) is 0 Å². The number of amides is 2. The fraction of sp³-hybridized carbons (Fsp3) is 0.800. The molecule has 0 bridgehead atoms. The summed E-state index contributed by atoms with van der Waals surface area (Å²) in [7, 11) is 0. The summed E-state index contributed by atoms with van der Waals surface area (Å²) in [4.78, 5) is 21.9. The van der Waals surface area contributed by atoms with Gasteiger partial charge >= 0.3 is 0 Å². The van der Waals surface area contributed by atoms with Crippen LogP contribution in [0.4, 0.5) is 0 Å². The van der Waals surface area contributed by atoms with Gasteiger partial charge in [0.25, 0.3) is 0 Å². The molecule has 0 aromatic carbocycles. The first-order chi connectivity index (χ1) is 7.82. The van der Waals surface area contributed by atoms with Crippen LogP contribution in [0.3, 0.4) is 0 Å². The van der Waals surface area contributed by atoms with Crippen LogP contribution >= 0.6 is 0 Å². The molecule has 0 unspecified atom stereocenters. The van der Waals surface area contributed by atoms with Crippen molar-refractivity contribution in [2.24, 2.45) is 0 Å². The predicted molar refractivity (Wildman–Crippen MR) is 57.8 cm³/mol. The van der Waals surface area contributed by atoms with Gasteiger partial charge in [0.05, 0.1) is 12.1 Å². The summed E-state index contributed by atoms with van der Waals surface area (Å²) in [5.41, 5.74) is 0. The minimum atomic E-state index is -1.30. The molecule has 1 rings (SSSR count). The van der Waals surface area contributed by atoms with Crippen LogP contribution in [0.1, 0.15) is 20.8 Å². The second-order valence-electron chi connectivity index (χ2n) is 4.17. The van der Waals surface area contributed by atoms with Gasteiger partial charge in [-0.25, -0.2) is 0 Å². The molecule has 2 amide bonds. The van der Waals surface area contributed by atoms with Crippen molar-refractivity contribution in [3.05, 3.63) is 0 Å². The molecule has 1 saturated heterocycles. The maximum Gasteiger partial charge on any atom is 0.217 e. The van der Waals surface area contributed by atoms with Crippen molar-refractivity contribution in [2.45, 2.75) is 51.4 Å². The van der Waals surface area contributed by atoms with Crippen LogP contribution in [0, 0.1) is 0 Å². The highest BCUT2D eigenvalue weighted by molar-refractivity contribution is 5.74. The average molecular weight is 246 g/mol. The number of carbonyl (C=O) groups is 2. The fourth-order valence-corrected chi connectivity index (χ4v) is 1.89. The Labute approximate surface area is 99.1 Å². The van der Waals surface area contributed by atoms with Crippen LogP contribution in [0.25, 0.3) is 0 Å². The van der Waals surface area contributed by atoms with Crippen LogP contribution < -0.4 is 10.6 Å². The van der Waals surface area contributed by atoms with Crippen molar-refractivity contribution < 1.29 is 24.5 Å². The zero-order chi connectivity index (χ0) is 13.2. The first-order valence-electron chi connectivity index (χ1n) is 5.38. The Morgan fingerprint density at radius 1 is 1.06 bits per heavy atom. The number of ether oxygens (including phenoxy) is 1. The number of carbonyl (C=O) groups excluding carboxylic acids is 2. The quantitative estimate of drug-likeness (QED) is 0.455. The van der Waals surface area contributed by atoms with E-state index in [9.17, 15) is 19.8 Å². The van der Waals surface area contributed by atoms with Crippen LogP contribution in [-0.2, 0) is 14.3 Å². The molecule has 0 saturated carbocycles. The minimum absolute atomic E-state index is 0.317. The second-order valence-corrected chi connectivity index (χ2v) is 4.17. The van der Waals surface area contributed by atoms with Crippen molar-refractivity contribution >= 4 is 11.8 Å². The van der Waals surface area contributed by atoms with Gasteiger partial charge in [-0.15, -0.1) is 0 Å². The predicted octanol–water partition coefficient (Wildman–Crippen LogP) is -1.91. The number of hydrogen-bond donors (Lipinski definition) is 4. The third-order valence-electron chi connectivity index (χ3n) is 2.64. The summed E-state index contributed by atoms with van der Waals surface area (Å²) in [6.45, 7) is 4.21. The Bertz CT molecular complexity index is 281. The molecule has 7 nitrogen and oxygen atoms in total. The van der Waals surface area contributed by atoms with Crippen molar-refractivity contribution in [3.63, 3.8) is 0 Å². The van der Waals surface area contributed by atoms with Crippen LogP contribution in [0.5, 0.6) is 0 Å². The average Bonchev–Trinajstić information content (AvgIpc) is 2.18. The zero-order valence-electron chi connectivity index (χ0n) is 10.0. The summed E-state index contributed by atoms with van der Waals surface area (Å²) in [6.07, 6.45) is -2.95. The number of aliphatic hydroxyl groups is 2. The van der Waals surface area contributed by atoms with Gasteiger partial charge in [-0.05, 0) is 6.92 Å². The Kier molecular flexibility index (Phi) is 4.44. The van der Waals surface area contributed by atoms with E-state index < -0.39 is 36.5 Å². The molecule has 0 spiro atoms. The van der Waals surface area contributed by atoms with E-state index in [4.69, 9.17) is 4.74 Å². The lowest BCUT2D eigenvalue weighted by Crippen LogP contribution is -2.66. The standard InChI is InChI=1S/C10H18N2O5/c1-4-7(11-5(2)13)9(15)8(10(16)17-4)12-6(3)14/h4,7-10,15-16H,1-3H3,(H,11,13)(H,12,14)/t4-,7+,8-,9+,10+/m0/s1. The molecular formula is C10H18N2O5. The molecule has 1 heterocycles. The molecule has 98 valence electrons. The lowest BCUT2D eigenvalue weighted by Gasteiger charge is -2.42. The van der Waals surface area contributed by atoms with Crippen LogP contribution in [0.15, 0.2) is 0 Å². The fourth-order valence-electron chi connectivity index (χ4n) is 1.89. The molecule has 0 aromatic heterocycles. The molecule has 0 aliphatic carbocycles. The number of rotatable bonds is 2. The number of nitrogens with one attached hydrogen (secondary N) is 2. The van der Waals surface area contributed by atoms with E-state index in [-0.39, 0.29) is 5.91 Å². The third kappa shape index (κ3) is 3.39. The number of hydrogen-bond acceptors (Lipinski definition) is 5. The van der Waals surface area contributed by atoms with Gasteiger partial charge in [0, 0.05) is 13.8 Å². The Hall–Kier alpha value is -1.18. The van der Waals surface area contributed by atoms with Gasteiger partial charge in [0.2, 0.25) is 11.8 Å². The van der Waals surface area contributed by atoms with Gasteiger partial charge in [-0.1, -0.05) is 0 Å². The highest BCUT2D eigenvalue weighted by Crippen LogP contribution is 2.19. The third-order valence-corrected chi connectivity index (χ3v) is 2.64. The summed E-state index contributed by atoms with van der Waals surface area (Å²) in [5.74, 6) is -0.713. The topological polar surface area (TPSA) is 108 Å². The molecule has 1 fully saturated rings. The van der Waals surface area contributed by atoms with E-state index in [1.165, 1.54) is 13.8 Å². The molecular weight excluding hydrogens is 228 g/mol. The largest absolute Gasteiger partial charge is 0.389 e. The van der Waals surface area contributed by atoms with Crippen molar-refractivity contribution in [2.75, 3.05) is 0 Å². The lowest BCUT2D eigenvalue weighted by molar-refractivity contribution is -0.214. The van der Waals surface area contributed by atoms with E-state index in [2.05, 4.69) is 10.6 Å². The van der Waals surface area contributed by atoms with E-state index in [1.807, 2.05) is 0 Å². The zero-order valence-corrected chi connectivity index (χ0v) is 10.0. The molecule has 7 heteroatoms. The van der Waals surface area contributed by atoms with E-state index in [1.54, 1.807) is 6.92 Å². The monoisotopic (exact) mass is 246 g/mol. The molecule has 4 N–H and O–H groups in total. The highest BCUT2D eigenvalue weighted by atomic mass is 16.6. The number of aliphatic hydroxyl groups excluding tert-OH is 2. The van der Waals surface area contributed by atoms with Gasteiger partial charge in [0.15, 0.2) is 6.29 Å². The lowest BCUT2D eigenvalue weighted by atomic mass is 9.95. The maximum absolute atomic E-state index is 11.0. The Morgan fingerprint density at radius 2 is 1.53 bits per heavy atom. The molecule has 1 aliphatic heterocycles. The second kappa shape index (κ2) is 5.44. The maximum atomic E-state index is 11.0. The highest BCUT2D eigenvalue weighted by Gasteiger charge is 2.43. The van der Waals surface area contributed by atoms with E-state index in [0.29, 0.717) is 0 Å². The first kappa shape index (κ1) is 13.9. The van der Waals surface area contributed by atoms with Gasteiger partial charge < -0.3 is 25.6 Å². The van der Waals surface area contributed by atoms with Crippen molar-refractivity contribution in [1.29, 1.82) is 0 Å². The first-order valence-corrected chi connectivity index (χ1v) is 5.38. The van der Waals surface area contributed by atoms with E-state index >= 15 is 0 Å². The summed E-state index contributed by atoms with van der Waals surface area (Å²) >= 11 is 0. The van der Waals surface area contributed by atoms with Gasteiger partial charge in [-0.3, -0.25) is 9.59 Å². The minimum Gasteiger partial charge on any atom is -0.389 e. The Morgan fingerprint density at radius 3 is 2.00 bits per heavy atom. The Balaban J connectivity index is 2.78. The van der Waals surface area contributed by atoms with Crippen molar-refractivity contribution in [1.82, 2.24) is 10.6 Å². The van der Waals surface area contributed by atoms with Crippen LogP contribution in [-0.4, -0.2) is 52.6 Å². The summed E-state index contributed by atoms with van der Waals surface area (Å²) in [5, 5.41) is 24.5. The van der Waals surface area contributed by atoms with E-state index in [0.717, 1.165) is 0 Å². The molecule has 0 radical (unpaired) electrons. The van der Waals surface area contributed by atoms with Gasteiger partial charge in [-0.2, -0.15) is 0 Å². The van der Waals surface area contributed by atoms with Gasteiger partial charge in [0.1, 0.15) is 12.1 Å². The molecule has 17 heavy (non-hydrogen) atoms. The summed E-state index contributed by atoms with van der Waals surface area (Å²) < 4.78 is 5.15. The smallest absolute Gasteiger partial charge is 0.217 e. The van der Waals surface area contributed by atoms with Crippen molar-refractivity contribution in [3.8, 4) is 0 Å². The SMILES string of the molecule is CC(=O)N[C@H]1[C@@H](O)[C@H](NC(C)=O)[C@H](O)O[C@H]1C. The summed E-state index contributed by atoms with van der Waals surface area (Å²) in [6, 6.07) is -1.63. The molecule has 0 aromatic rings. The normalized spacial score (nSPS) is 37.4. The molecule has 1 aliphatic rings.